The molecule has 2 aromatic rings. The van der Waals surface area contributed by atoms with Crippen LogP contribution in [0.15, 0.2) is 42.5 Å². The first-order valence-electron chi connectivity index (χ1n) is 12.8. The number of benzene rings is 2. The largest absolute Gasteiger partial charge is 0.351 e. The van der Waals surface area contributed by atoms with Crippen molar-refractivity contribution in [2.75, 3.05) is 24.5 Å². The van der Waals surface area contributed by atoms with E-state index in [-0.39, 0.29) is 29.2 Å². The second-order valence-electron chi connectivity index (χ2n) is 10.1. The van der Waals surface area contributed by atoms with Gasteiger partial charge < -0.3 is 5.73 Å². The molecular formula is C29H36FN3O4. The van der Waals surface area contributed by atoms with Gasteiger partial charge in [-0.15, -0.1) is 0 Å². The summed E-state index contributed by atoms with van der Waals surface area (Å²) in [5, 5.41) is 0. The average Bonchev–Trinajstić information content (AvgIpc) is 2.83. The average molecular weight is 510 g/mol. The summed E-state index contributed by atoms with van der Waals surface area (Å²) in [5.74, 6) is -0.137. The van der Waals surface area contributed by atoms with Crippen molar-refractivity contribution < 1.29 is 23.6 Å². The zero-order chi connectivity index (χ0) is 27.1. The number of ketones is 3. The van der Waals surface area contributed by atoms with Gasteiger partial charge in [0.1, 0.15) is 11.6 Å². The van der Waals surface area contributed by atoms with Gasteiger partial charge in [-0.05, 0) is 101 Å². The van der Waals surface area contributed by atoms with Crippen molar-refractivity contribution in [3.05, 3.63) is 65.0 Å². The number of amides is 2. The molecule has 0 unspecified atom stereocenters. The Morgan fingerprint density at radius 2 is 1.62 bits per heavy atom. The van der Waals surface area contributed by atoms with Crippen molar-refractivity contribution in [2.45, 2.75) is 58.9 Å². The zero-order valence-electron chi connectivity index (χ0n) is 21.8. The molecule has 2 aromatic carbocycles. The molecule has 1 aliphatic heterocycles. The van der Waals surface area contributed by atoms with Crippen LogP contribution in [-0.2, 0) is 11.2 Å². The van der Waals surface area contributed by atoms with E-state index in [9.17, 15) is 23.6 Å². The van der Waals surface area contributed by atoms with Crippen LogP contribution in [-0.4, -0.2) is 54.0 Å². The van der Waals surface area contributed by atoms with Crippen molar-refractivity contribution in [1.29, 1.82) is 0 Å². The Morgan fingerprint density at radius 1 is 1.00 bits per heavy atom. The van der Waals surface area contributed by atoms with Gasteiger partial charge >= 0.3 is 6.03 Å². The summed E-state index contributed by atoms with van der Waals surface area (Å²) in [5.41, 5.74) is 7.89. The highest BCUT2D eigenvalue weighted by molar-refractivity contribution is 6.02. The molecule has 7 nitrogen and oxygen atoms in total. The number of hydrogen-bond donors (Lipinski definition) is 1. The van der Waals surface area contributed by atoms with E-state index in [4.69, 9.17) is 5.73 Å². The van der Waals surface area contributed by atoms with Gasteiger partial charge in [0.15, 0.2) is 11.6 Å². The number of likely N-dealkylation sites (tertiary alicyclic amines) is 1. The molecule has 198 valence electrons. The third-order valence-electron chi connectivity index (χ3n) is 7.04. The van der Waals surface area contributed by atoms with E-state index in [0.717, 1.165) is 37.8 Å². The number of anilines is 1. The predicted octanol–water partition coefficient (Wildman–Crippen LogP) is 4.81. The van der Waals surface area contributed by atoms with Crippen LogP contribution in [0.2, 0.25) is 0 Å². The van der Waals surface area contributed by atoms with Crippen LogP contribution < -0.4 is 10.6 Å². The van der Waals surface area contributed by atoms with Crippen LogP contribution in [0.5, 0.6) is 0 Å². The lowest BCUT2D eigenvalue weighted by atomic mass is 9.84. The van der Waals surface area contributed by atoms with E-state index < -0.39 is 6.03 Å². The Labute approximate surface area is 217 Å². The molecule has 0 spiro atoms. The lowest BCUT2D eigenvalue weighted by Gasteiger charge is -2.39. The van der Waals surface area contributed by atoms with Crippen LogP contribution in [0, 0.1) is 11.7 Å². The Morgan fingerprint density at radius 3 is 2.16 bits per heavy atom. The number of carbonyl (C=O) groups is 4. The molecule has 0 radical (unpaired) electrons. The highest BCUT2D eigenvalue weighted by atomic mass is 19.1. The molecule has 0 bridgehead atoms. The molecule has 2 N–H and O–H groups in total. The molecule has 37 heavy (non-hydrogen) atoms. The summed E-state index contributed by atoms with van der Waals surface area (Å²) in [6, 6.07) is 10.8. The fourth-order valence-electron chi connectivity index (χ4n) is 5.14. The fourth-order valence-corrected chi connectivity index (χ4v) is 5.14. The Bertz CT molecular complexity index is 1120. The van der Waals surface area contributed by atoms with Gasteiger partial charge in [0.2, 0.25) is 0 Å². The number of nitrogens with zero attached hydrogens (tertiary/aromatic N) is 2. The second-order valence-corrected chi connectivity index (χ2v) is 10.1. The van der Waals surface area contributed by atoms with Gasteiger partial charge in [-0.25, -0.2) is 9.18 Å². The maximum atomic E-state index is 13.3. The highest BCUT2D eigenvalue weighted by Gasteiger charge is 2.29. The number of nitrogens with two attached hydrogens (primary N) is 1. The predicted molar refractivity (Wildman–Crippen MR) is 141 cm³/mol. The maximum Gasteiger partial charge on any atom is 0.319 e. The van der Waals surface area contributed by atoms with Crippen molar-refractivity contribution in [2.24, 2.45) is 11.7 Å². The molecule has 1 fully saturated rings. The number of primary amides is 1. The summed E-state index contributed by atoms with van der Waals surface area (Å²) in [6.45, 7) is 5.92. The first kappa shape index (κ1) is 28.2. The van der Waals surface area contributed by atoms with Gasteiger partial charge in [0.05, 0.1) is 6.54 Å². The monoisotopic (exact) mass is 509 g/mol. The third-order valence-corrected chi connectivity index (χ3v) is 7.04. The number of Topliss-reactive ketones (excluding diaryl/α,β-unsaturated/α-hetero) is 3. The zero-order valence-corrected chi connectivity index (χ0v) is 21.8. The SMILES string of the molecule is CC(=O)CN1CC[C@@H](Cc2ccc(F)cc2)C[C@@H]1CCCN(C(N)=O)c1cc(C(C)=O)cc(C(C)=O)c1. The Hall–Kier alpha value is -3.39. The number of rotatable bonds is 11. The topological polar surface area (TPSA) is 101 Å². The molecule has 8 heteroatoms. The lowest BCUT2D eigenvalue weighted by molar-refractivity contribution is -0.119. The smallest absolute Gasteiger partial charge is 0.319 e. The summed E-state index contributed by atoms with van der Waals surface area (Å²) in [7, 11) is 0. The number of carbonyl (C=O) groups excluding carboxylic acids is 4. The molecule has 1 saturated heterocycles. The highest BCUT2D eigenvalue weighted by Crippen LogP contribution is 2.29. The van der Waals surface area contributed by atoms with Crippen LogP contribution in [0.25, 0.3) is 0 Å². The number of halogens is 1. The quantitative estimate of drug-likeness (QED) is 0.438. The lowest BCUT2D eigenvalue weighted by Crippen LogP contribution is -2.45. The van der Waals surface area contributed by atoms with E-state index in [1.54, 1.807) is 19.1 Å². The summed E-state index contributed by atoms with van der Waals surface area (Å²) in [4.78, 5) is 51.8. The maximum absolute atomic E-state index is 13.3. The molecule has 1 aliphatic rings. The van der Waals surface area contributed by atoms with Crippen molar-refractivity contribution >= 4 is 29.1 Å². The van der Waals surface area contributed by atoms with Gasteiger partial charge in [0.25, 0.3) is 0 Å². The fraction of sp³-hybridized carbons (Fsp3) is 0.448. The number of urea groups is 1. The van der Waals surface area contributed by atoms with Gasteiger partial charge in [-0.3, -0.25) is 24.2 Å². The van der Waals surface area contributed by atoms with Crippen molar-refractivity contribution in [3.63, 3.8) is 0 Å². The molecule has 0 saturated carbocycles. The van der Waals surface area contributed by atoms with Gasteiger partial charge in [-0.2, -0.15) is 0 Å². The normalized spacial score (nSPS) is 17.8. The van der Waals surface area contributed by atoms with Crippen LogP contribution >= 0.6 is 0 Å². The Kier molecular flexibility index (Phi) is 9.69. The molecule has 2 atom stereocenters. The summed E-state index contributed by atoms with van der Waals surface area (Å²) < 4.78 is 13.3. The van der Waals surface area contributed by atoms with E-state index in [0.29, 0.717) is 42.2 Å². The van der Waals surface area contributed by atoms with E-state index in [1.807, 2.05) is 12.1 Å². The van der Waals surface area contributed by atoms with E-state index in [1.165, 1.54) is 36.9 Å². The molecule has 1 heterocycles. The minimum absolute atomic E-state index is 0.110. The van der Waals surface area contributed by atoms with Crippen molar-refractivity contribution in [1.82, 2.24) is 4.90 Å². The molecule has 0 aromatic heterocycles. The van der Waals surface area contributed by atoms with Gasteiger partial charge in [0, 0.05) is 29.4 Å². The molecular weight excluding hydrogens is 473 g/mol. The summed E-state index contributed by atoms with van der Waals surface area (Å²) >= 11 is 0. The first-order chi connectivity index (χ1) is 17.5. The van der Waals surface area contributed by atoms with Crippen molar-refractivity contribution in [3.8, 4) is 0 Å². The minimum Gasteiger partial charge on any atom is -0.351 e. The first-order valence-corrected chi connectivity index (χ1v) is 12.8. The number of piperidine rings is 1. The van der Waals surface area contributed by atoms with Gasteiger partial charge in [-0.1, -0.05) is 12.1 Å². The van der Waals surface area contributed by atoms with Crippen LogP contribution in [0.3, 0.4) is 0 Å². The minimum atomic E-state index is -0.659. The third kappa shape index (κ3) is 8.05. The second kappa shape index (κ2) is 12.7. The Balaban J connectivity index is 1.71. The van der Waals surface area contributed by atoms with E-state index >= 15 is 0 Å². The molecule has 0 aliphatic carbocycles. The molecule has 2 amide bonds. The van der Waals surface area contributed by atoms with Crippen LogP contribution in [0.1, 0.15) is 72.7 Å². The summed E-state index contributed by atoms with van der Waals surface area (Å²) in [6.07, 6.45) is 4.09. The standard InChI is InChI=1S/C29H36FN3O4/c1-19(34)18-32-12-10-23(13-22-6-8-26(30)9-7-22)14-27(32)5-4-11-33(29(31)37)28-16-24(20(2)35)15-25(17-28)21(3)36/h6-9,15-17,23,27H,4-5,10-14,18H2,1-3H3,(H2,31,37)/t23-,27-/m0/s1. The molecule has 3 rings (SSSR count). The van der Waals surface area contributed by atoms with Crippen LogP contribution in [0.4, 0.5) is 14.9 Å². The number of hydrogen-bond acceptors (Lipinski definition) is 5. The van der Waals surface area contributed by atoms with E-state index in [2.05, 4.69) is 4.90 Å².